The van der Waals surface area contributed by atoms with Crippen LogP contribution in [-0.4, -0.2) is 0 Å². The fourth-order valence-electron chi connectivity index (χ4n) is 6.34. The van der Waals surface area contributed by atoms with Crippen LogP contribution in [0.2, 0.25) is 0 Å². The third kappa shape index (κ3) is 3.63. The number of nitrogens with zero attached hydrogens (tertiary/aromatic N) is 2. The molecule has 6 aromatic rings. The van der Waals surface area contributed by atoms with E-state index in [1.807, 2.05) is 0 Å². The molecule has 0 N–H and O–H groups in total. The highest BCUT2D eigenvalue weighted by Gasteiger charge is 2.40. The Morgan fingerprint density at radius 3 is 1.95 bits per heavy atom. The van der Waals surface area contributed by atoms with Gasteiger partial charge in [-0.25, -0.2) is 0 Å². The molecule has 0 amide bonds. The van der Waals surface area contributed by atoms with E-state index >= 15 is 0 Å². The Morgan fingerprint density at radius 1 is 0.590 bits per heavy atom. The molecule has 7 rings (SSSR count). The summed E-state index contributed by atoms with van der Waals surface area (Å²) in [6.07, 6.45) is 6.72. The van der Waals surface area contributed by atoms with Crippen LogP contribution in [0.1, 0.15) is 36.1 Å². The lowest BCUT2D eigenvalue weighted by Gasteiger charge is -2.21. The zero-order valence-corrected chi connectivity index (χ0v) is 22.9. The van der Waals surface area contributed by atoms with Crippen molar-refractivity contribution in [1.29, 1.82) is 0 Å². The van der Waals surface area contributed by atoms with Crippen LogP contribution in [0.3, 0.4) is 0 Å². The molecule has 1 aliphatic carbocycles. The summed E-state index contributed by atoms with van der Waals surface area (Å²) in [7, 11) is 0. The Balaban J connectivity index is 1.37. The lowest BCUT2D eigenvalue weighted by atomic mass is 9.82. The number of pyridine rings is 2. The topological polar surface area (TPSA) is 7.76 Å². The molecule has 0 unspecified atom stereocenters. The van der Waals surface area contributed by atoms with E-state index < -0.39 is 0 Å². The number of rotatable bonds is 3. The SMILES string of the molecule is Cc1ccccc1-[n+]1ccc(-c2ccc3c(c2)C(C)(C)c2c[n+](-c4ccccc4C)c4ccccc4c2-3)cc1. The van der Waals surface area contributed by atoms with E-state index in [0.29, 0.717) is 0 Å². The van der Waals surface area contributed by atoms with Crippen LogP contribution >= 0.6 is 0 Å². The summed E-state index contributed by atoms with van der Waals surface area (Å²) in [5.74, 6) is 0. The molecule has 2 aromatic heterocycles. The number of aromatic nitrogens is 2. The lowest BCUT2D eigenvalue weighted by molar-refractivity contribution is -0.596. The summed E-state index contributed by atoms with van der Waals surface area (Å²) in [4.78, 5) is 0. The van der Waals surface area contributed by atoms with Crippen molar-refractivity contribution in [3.05, 3.63) is 144 Å². The van der Waals surface area contributed by atoms with Gasteiger partial charge < -0.3 is 0 Å². The number of benzene rings is 4. The molecule has 1 aliphatic rings. The molecule has 0 aliphatic heterocycles. The van der Waals surface area contributed by atoms with E-state index in [1.54, 1.807) is 0 Å². The van der Waals surface area contributed by atoms with Crippen LogP contribution < -0.4 is 9.13 Å². The van der Waals surface area contributed by atoms with Crippen molar-refractivity contribution in [3.8, 4) is 33.6 Å². The molecule has 2 heteroatoms. The molecule has 0 saturated carbocycles. The molecule has 39 heavy (non-hydrogen) atoms. The van der Waals surface area contributed by atoms with E-state index in [0.717, 1.165) is 0 Å². The largest absolute Gasteiger partial charge is 0.219 e. The monoisotopic (exact) mass is 504 g/mol. The minimum absolute atomic E-state index is 0.120. The molecular weight excluding hydrogens is 472 g/mol. The average molecular weight is 505 g/mol. The van der Waals surface area contributed by atoms with Gasteiger partial charge in [-0.15, -0.1) is 0 Å². The van der Waals surface area contributed by atoms with Gasteiger partial charge in [0.15, 0.2) is 18.6 Å². The summed E-state index contributed by atoms with van der Waals surface area (Å²) >= 11 is 0. The Labute approximate surface area is 230 Å². The second kappa shape index (κ2) is 8.74. The number of aryl methyl sites for hydroxylation is 2. The molecule has 0 saturated heterocycles. The molecule has 0 bridgehead atoms. The van der Waals surface area contributed by atoms with Gasteiger partial charge in [-0.05, 0) is 48.2 Å². The highest BCUT2D eigenvalue weighted by Crippen LogP contribution is 2.51. The van der Waals surface area contributed by atoms with Gasteiger partial charge in [0.1, 0.15) is 0 Å². The molecule has 0 radical (unpaired) electrons. The zero-order valence-electron chi connectivity index (χ0n) is 22.9. The third-order valence-corrected chi connectivity index (χ3v) is 8.53. The molecule has 0 fully saturated rings. The van der Waals surface area contributed by atoms with Crippen molar-refractivity contribution < 1.29 is 9.13 Å². The van der Waals surface area contributed by atoms with Gasteiger partial charge in [-0.1, -0.05) is 74.5 Å². The summed E-state index contributed by atoms with van der Waals surface area (Å²) < 4.78 is 4.59. The number of hydrogen-bond donors (Lipinski definition) is 0. The maximum absolute atomic E-state index is 2.41. The van der Waals surface area contributed by atoms with Gasteiger partial charge in [0.25, 0.3) is 0 Å². The minimum Gasteiger partial charge on any atom is -0.167 e. The maximum Gasteiger partial charge on any atom is 0.219 e. The Morgan fingerprint density at radius 2 is 1.23 bits per heavy atom. The molecule has 2 heterocycles. The van der Waals surface area contributed by atoms with Crippen LogP contribution in [0.4, 0.5) is 0 Å². The molecule has 4 aromatic carbocycles. The molecular formula is C37H32N2+2. The van der Waals surface area contributed by atoms with E-state index in [4.69, 9.17) is 0 Å². The van der Waals surface area contributed by atoms with E-state index in [9.17, 15) is 0 Å². The average Bonchev–Trinajstić information content (AvgIpc) is 3.19. The summed E-state index contributed by atoms with van der Waals surface area (Å²) in [5.41, 5.74) is 14.1. The van der Waals surface area contributed by atoms with Crippen molar-refractivity contribution in [2.75, 3.05) is 0 Å². The van der Waals surface area contributed by atoms with Crippen LogP contribution in [0.15, 0.2) is 122 Å². The lowest BCUT2D eigenvalue weighted by Crippen LogP contribution is -2.34. The second-order valence-corrected chi connectivity index (χ2v) is 11.3. The predicted molar refractivity (Wildman–Crippen MR) is 159 cm³/mol. The van der Waals surface area contributed by atoms with E-state index in [1.165, 1.54) is 66.8 Å². The van der Waals surface area contributed by atoms with Crippen LogP contribution in [0.5, 0.6) is 0 Å². The predicted octanol–water partition coefficient (Wildman–Crippen LogP) is 7.98. The molecule has 0 atom stereocenters. The first-order valence-electron chi connectivity index (χ1n) is 13.7. The molecule has 188 valence electrons. The molecule has 0 spiro atoms. The van der Waals surface area contributed by atoms with Crippen molar-refractivity contribution in [1.82, 2.24) is 0 Å². The minimum atomic E-state index is -0.120. The standard InChI is InChI=1S/C37H32N2/c1-25-11-5-8-14-33(25)38-21-19-27(20-22-38)28-17-18-29-31(23-28)37(3,4)32-24-39(34-15-9-6-12-26(34)2)35-16-10-7-13-30(35)36(29)32/h5-24H,1-4H3/q+2. The van der Waals surface area contributed by atoms with Crippen molar-refractivity contribution in [2.24, 2.45) is 0 Å². The highest BCUT2D eigenvalue weighted by atomic mass is 15.0. The van der Waals surface area contributed by atoms with Crippen LogP contribution in [0.25, 0.3) is 44.5 Å². The zero-order chi connectivity index (χ0) is 26.7. The Hall–Kier alpha value is -4.56. The van der Waals surface area contributed by atoms with Crippen molar-refractivity contribution in [2.45, 2.75) is 33.1 Å². The first-order valence-corrected chi connectivity index (χ1v) is 13.7. The van der Waals surface area contributed by atoms with Gasteiger partial charge in [-0.2, -0.15) is 9.13 Å². The number of fused-ring (bicyclic) bond motifs is 5. The normalized spacial score (nSPS) is 13.3. The van der Waals surface area contributed by atoms with E-state index in [-0.39, 0.29) is 5.41 Å². The number of para-hydroxylation sites is 3. The van der Waals surface area contributed by atoms with Gasteiger partial charge in [0.05, 0.1) is 5.39 Å². The Bertz CT molecular complexity index is 1890. The maximum atomic E-state index is 2.41. The van der Waals surface area contributed by atoms with Crippen molar-refractivity contribution in [3.63, 3.8) is 0 Å². The van der Waals surface area contributed by atoms with Crippen LogP contribution in [0, 0.1) is 13.8 Å². The first-order chi connectivity index (χ1) is 18.9. The smallest absolute Gasteiger partial charge is 0.167 e. The van der Waals surface area contributed by atoms with Crippen molar-refractivity contribution >= 4 is 10.9 Å². The third-order valence-electron chi connectivity index (χ3n) is 8.53. The van der Waals surface area contributed by atoms with E-state index in [2.05, 4.69) is 159 Å². The summed E-state index contributed by atoms with van der Waals surface area (Å²) in [5, 5.41) is 1.30. The summed E-state index contributed by atoms with van der Waals surface area (Å²) in [6.45, 7) is 9.09. The fraction of sp³-hybridized carbons (Fsp3) is 0.135. The molecule has 2 nitrogen and oxygen atoms in total. The van der Waals surface area contributed by atoms with Crippen LogP contribution in [-0.2, 0) is 5.41 Å². The van der Waals surface area contributed by atoms with Gasteiger partial charge in [-0.3, -0.25) is 0 Å². The van der Waals surface area contributed by atoms with Gasteiger partial charge in [0, 0.05) is 58.0 Å². The summed E-state index contributed by atoms with van der Waals surface area (Å²) in [6, 6.07) is 37.5. The van der Waals surface area contributed by atoms with Gasteiger partial charge in [0.2, 0.25) is 16.9 Å². The second-order valence-electron chi connectivity index (χ2n) is 11.3. The fourth-order valence-corrected chi connectivity index (χ4v) is 6.34. The first kappa shape index (κ1) is 23.5. The highest BCUT2D eigenvalue weighted by molar-refractivity contribution is 5.99. The van der Waals surface area contributed by atoms with Gasteiger partial charge >= 0.3 is 0 Å². The number of hydrogen-bond acceptors (Lipinski definition) is 0. The Kier molecular flexibility index (Phi) is 5.28. The quantitative estimate of drug-likeness (QED) is 0.216.